The molecule has 2 aliphatic rings. The molecule has 27 heavy (non-hydrogen) atoms. The number of thiazole rings is 1. The number of anilines is 1. The number of para-hydroxylation sites is 1. The van der Waals surface area contributed by atoms with Gasteiger partial charge in [0.15, 0.2) is 5.13 Å². The number of hydrogen-bond donors (Lipinski definition) is 1. The Bertz CT molecular complexity index is 863. The van der Waals surface area contributed by atoms with Gasteiger partial charge in [-0.25, -0.2) is 4.98 Å². The number of aromatic nitrogens is 1. The molecule has 142 valence electrons. The molecule has 1 aromatic carbocycles. The molecule has 0 aliphatic heterocycles. The fourth-order valence-corrected chi connectivity index (χ4v) is 5.29. The van der Waals surface area contributed by atoms with Gasteiger partial charge in [0.1, 0.15) is 6.10 Å². The van der Waals surface area contributed by atoms with Gasteiger partial charge < -0.3 is 10.1 Å². The van der Waals surface area contributed by atoms with Crippen LogP contribution in [0.15, 0.2) is 36.4 Å². The van der Waals surface area contributed by atoms with Crippen LogP contribution in [0.3, 0.4) is 0 Å². The Morgan fingerprint density at radius 3 is 2.59 bits per heavy atom. The van der Waals surface area contributed by atoms with Crippen LogP contribution < -0.4 is 5.32 Å². The maximum absolute atomic E-state index is 13.0. The Balaban J connectivity index is 1.52. The summed E-state index contributed by atoms with van der Waals surface area (Å²) in [7, 11) is 0. The second-order valence-corrected chi connectivity index (χ2v) is 8.49. The van der Waals surface area contributed by atoms with Crippen LogP contribution in [0.4, 0.5) is 5.13 Å². The first-order chi connectivity index (χ1) is 13.1. The van der Waals surface area contributed by atoms with Gasteiger partial charge >= 0.3 is 5.97 Å². The molecular formula is C19H18Cl2N2O3S. The van der Waals surface area contributed by atoms with E-state index in [1.54, 1.807) is 0 Å². The minimum absolute atomic E-state index is 0.0138. The van der Waals surface area contributed by atoms with Crippen LogP contribution in [-0.2, 0) is 14.3 Å². The number of carbonyl (C=O) groups excluding carboxylic acids is 2. The summed E-state index contributed by atoms with van der Waals surface area (Å²) in [5, 5.41) is 3.44. The minimum atomic E-state index is -0.545. The van der Waals surface area contributed by atoms with Gasteiger partial charge in [0.05, 0.1) is 33.8 Å². The molecule has 5 nitrogen and oxygen atoms in total. The smallest absolute Gasteiger partial charge is 0.310 e. The van der Waals surface area contributed by atoms with E-state index >= 15 is 0 Å². The van der Waals surface area contributed by atoms with Crippen LogP contribution in [-0.4, -0.2) is 34.7 Å². The number of amides is 1. The monoisotopic (exact) mass is 424 g/mol. The second-order valence-electron chi connectivity index (χ2n) is 6.84. The summed E-state index contributed by atoms with van der Waals surface area (Å²) in [4.78, 5) is 30.1. The number of nitrogens with one attached hydrogen (secondary N) is 1. The molecule has 2 aliphatic carbocycles. The van der Waals surface area contributed by atoms with Crippen molar-refractivity contribution < 1.29 is 14.3 Å². The summed E-state index contributed by atoms with van der Waals surface area (Å²) in [5.74, 6) is -1.26. The van der Waals surface area contributed by atoms with E-state index in [9.17, 15) is 9.59 Å². The summed E-state index contributed by atoms with van der Waals surface area (Å²) in [5.41, 5.74) is 0.841. The lowest BCUT2D eigenvalue weighted by molar-refractivity contribution is -0.156. The van der Waals surface area contributed by atoms with Crippen LogP contribution in [0.1, 0.15) is 6.42 Å². The largest absolute Gasteiger partial charge is 0.460 e. The number of fused-ring (bicyclic) bond motifs is 3. The summed E-state index contributed by atoms with van der Waals surface area (Å²) >= 11 is 13.0. The molecule has 8 heteroatoms. The van der Waals surface area contributed by atoms with E-state index in [-0.39, 0.29) is 29.5 Å². The van der Waals surface area contributed by atoms with Crippen molar-refractivity contribution in [1.29, 1.82) is 0 Å². The predicted octanol–water partition coefficient (Wildman–Crippen LogP) is 4.06. The van der Waals surface area contributed by atoms with Crippen LogP contribution in [0.5, 0.6) is 0 Å². The average molecular weight is 425 g/mol. The molecular weight excluding hydrogens is 407 g/mol. The molecule has 2 aromatic rings. The van der Waals surface area contributed by atoms with Gasteiger partial charge in [-0.1, -0.05) is 35.6 Å². The van der Waals surface area contributed by atoms with Crippen LogP contribution >= 0.6 is 34.5 Å². The van der Waals surface area contributed by atoms with Crippen molar-refractivity contribution in [3.8, 4) is 0 Å². The Morgan fingerprint density at radius 2 is 1.89 bits per heavy atom. The average Bonchev–Trinajstić information content (AvgIpc) is 3.38. The number of benzene rings is 1. The molecule has 0 unspecified atom stereocenters. The number of alkyl halides is 2. The highest BCUT2D eigenvalue weighted by Crippen LogP contribution is 2.49. The van der Waals surface area contributed by atoms with E-state index in [1.165, 1.54) is 11.3 Å². The number of halogens is 2. The molecule has 2 bridgehead atoms. The van der Waals surface area contributed by atoms with Gasteiger partial charge in [-0.2, -0.15) is 0 Å². The van der Waals surface area contributed by atoms with Crippen molar-refractivity contribution in [2.75, 3.05) is 17.1 Å². The topological polar surface area (TPSA) is 68.3 Å². The van der Waals surface area contributed by atoms with Gasteiger partial charge in [0, 0.05) is 0 Å². The number of allylic oxidation sites excluding steroid dienone is 2. The van der Waals surface area contributed by atoms with Crippen LogP contribution in [0.2, 0.25) is 0 Å². The first-order valence-electron chi connectivity index (χ1n) is 8.78. The zero-order valence-electron chi connectivity index (χ0n) is 14.3. The maximum atomic E-state index is 13.0. The predicted molar refractivity (Wildman–Crippen MR) is 107 cm³/mol. The third-order valence-electron chi connectivity index (χ3n) is 5.19. The molecule has 1 aromatic heterocycles. The lowest BCUT2D eigenvalue weighted by Gasteiger charge is -2.26. The fourth-order valence-electron chi connectivity index (χ4n) is 3.96. The standard InChI is InChI=1S/C19H18Cl2N2O3S/c20-8-12(9-21)26-18(25)16-11-6-5-10(7-11)15(16)17(24)23-19-22-13-3-1-2-4-14(13)27-19/h1-6,10-12,15-16H,7-9H2,(H,22,23,24)/t10-,11+,15+,16+/m1/s1. The van der Waals surface area contributed by atoms with Gasteiger partial charge in [-0.05, 0) is 30.4 Å². The van der Waals surface area contributed by atoms with E-state index in [1.807, 2.05) is 36.4 Å². The maximum Gasteiger partial charge on any atom is 0.310 e. The van der Waals surface area contributed by atoms with Crippen LogP contribution in [0.25, 0.3) is 10.2 Å². The Kier molecular flexibility index (Phi) is 5.39. The van der Waals surface area contributed by atoms with E-state index in [4.69, 9.17) is 27.9 Å². The molecule has 0 radical (unpaired) electrons. The first kappa shape index (κ1) is 18.7. The van der Waals surface area contributed by atoms with Crippen molar-refractivity contribution in [3.63, 3.8) is 0 Å². The third-order valence-corrected chi connectivity index (χ3v) is 6.83. The van der Waals surface area contributed by atoms with E-state index < -0.39 is 23.9 Å². The number of carbonyl (C=O) groups is 2. The highest BCUT2D eigenvalue weighted by Gasteiger charge is 2.52. The highest BCUT2D eigenvalue weighted by atomic mass is 35.5. The molecule has 1 amide bonds. The summed E-state index contributed by atoms with van der Waals surface area (Å²) < 4.78 is 6.44. The Hall–Kier alpha value is -1.63. The zero-order chi connectivity index (χ0) is 19.0. The second kappa shape index (κ2) is 7.78. The Labute approximate surface area is 170 Å². The lowest BCUT2D eigenvalue weighted by atomic mass is 9.82. The zero-order valence-corrected chi connectivity index (χ0v) is 16.6. The van der Waals surface area contributed by atoms with Crippen molar-refractivity contribution in [3.05, 3.63) is 36.4 Å². The van der Waals surface area contributed by atoms with Gasteiger partial charge in [0.2, 0.25) is 5.91 Å². The first-order valence-corrected chi connectivity index (χ1v) is 10.7. The van der Waals surface area contributed by atoms with E-state index in [0.29, 0.717) is 5.13 Å². The number of rotatable bonds is 6. The van der Waals surface area contributed by atoms with Gasteiger partial charge in [-0.15, -0.1) is 23.2 Å². The molecule has 4 atom stereocenters. The number of ether oxygens (including phenoxy) is 1. The van der Waals surface area contributed by atoms with Gasteiger partial charge in [-0.3, -0.25) is 9.59 Å². The number of esters is 1. The normalized spacial score (nSPS) is 26.0. The molecule has 1 N–H and O–H groups in total. The molecule has 0 saturated heterocycles. The molecule has 1 saturated carbocycles. The van der Waals surface area contributed by atoms with Crippen LogP contribution in [0, 0.1) is 23.7 Å². The van der Waals surface area contributed by atoms with Crippen molar-refractivity contribution in [1.82, 2.24) is 4.98 Å². The van der Waals surface area contributed by atoms with E-state index in [0.717, 1.165) is 16.6 Å². The molecule has 4 rings (SSSR count). The quantitative estimate of drug-likeness (QED) is 0.431. The number of nitrogens with zero attached hydrogens (tertiary/aromatic N) is 1. The molecule has 0 spiro atoms. The fraction of sp³-hybridized carbons (Fsp3) is 0.421. The lowest BCUT2D eigenvalue weighted by Crippen LogP contribution is -2.39. The summed E-state index contributed by atoms with van der Waals surface area (Å²) in [6.45, 7) is 0. The third kappa shape index (κ3) is 3.58. The summed E-state index contributed by atoms with van der Waals surface area (Å²) in [6, 6.07) is 7.70. The van der Waals surface area contributed by atoms with Gasteiger partial charge in [0.25, 0.3) is 0 Å². The minimum Gasteiger partial charge on any atom is -0.460 e. The Morgan fingerprint density at radius 1 is 1.19 bits per heavy atom. The number of hydrogen-bond acceptors (Lipinski definition) is 5. The van der Waals surface area contributed by atoms with Crippen molar-refractivity contribution >= 4 is 61.8 Å². The summed E-state index contributed by atoms with van der Waals surface area (Å²) in [6.07, 6.45) is 4.27. The van der Waals surface area contributed by atoms with Crippen molar-refractivity contribution in [2.24, 2.45) is 23.7 Å². The SMILES string of the molecule is O=C(Nc1nc2ccccc2s1)[C@@H]1[C@@H](C(=O)OC(CCl)CCl)[C@H]2C=C[C@@H]1C2. The highest BCUT2D eigenvalue weighted by molar-refractivity contribution is 7.22. The van der Waals surface area contributed by atoms with E-state index in [2.05, 4.69) is 10.3 Å². The van der Waals surface area contributed by atoms with Crippen molar-refractivity contribution in [2.45, 2.75) is 12.5 Å². The molecule has 1 fully saturated rings. The molecule has 1 heterocycles.